The van der Waals surface area contributed by atoms with E-state index in [2.05, 4.69) is 22.2 Å². The van der Waals surface area contributed by atoms with E-state index in [0.29, 0.717) is 5.82 Å². The van der Waals surface area contributed by atoms with E-state index in [1.54, 1.807) is 6.26 Å². The van der Waals surface area contributed by atoms with Crippen molar-refractivity contribution in [3.8, 4) is 11.6 Å². The summed E-state index contributed by atoms with van der Waals surface area (Å²) in [4.78, 5) is 9.17. The predicted molar refractivity (Wildman–Crippen MR) is 76.2 cm³/mol. The van der Waals surface area contributed by atoms with Gasteiger partial charge in [0.25, 0.3) is 0 Å². The molecule has 4 nitrogen and oxygen atoms in total. The summed E-state index contributed by atoms with van der Waals surface area (Å²) in [5.41, 5.74) is 4.38. The number of furan rings is 1. The molecule has 0 radical (unpaired) electrons. The Hall–Kier alpha value is -1.68. The van der Waals surface area contributed by atoms with E-state index in [4.69, 9.17) is 4.42 Å². The zero-order valence-electron chi connectivity index (χ0n) is 12.1. The number of rotatable bonds is 5. The molecule has 19 heavy (non-hydrogen) atoms. The molecule has 2 rings (SSSR count). The highest BCUT2D eigenvalue weighted by Gasteiger charge is 2.13. The van der Waals surface area contributed by atoms with Gasteiger partial charge >= 0.3 is 0 Å². The summed E-state index contributed by atoms with van der Waals surface area (Å²) < 4.78 is 5.46. The third kappa shape index (κ3) is 3.01. The molecule has 0 atom stereocenters. The molecule has 0 aliphatic carbocycles. The number of likely N-dealkylation sites (N-methyl/N-ethyl adjacent to an activating group) is 1. The van der Waals surface area contributed by atoms with Crippen molar-refractivity contribution in [1.29, 1.82) is 0 Å². The first-order chi connectivity index (χ1) is 9.13. The van der Waals surface area contributed by atoms with Crippen LogP contribution >= 0.6 is 0 Å². The first kappa shape index (κ1) is 13.7. The molecule has 2 aromatic rings. The van der Waals surface area contributed by atoms with Crippen molar-refractivity contribution in [3.63, 3.8) is 0 Å². The number of aryl methyl sites for hydroxylation is 3. The molecular formula is C15H21N3O. The van der Waals surface area contributed by atoms with Gasteiger partial charge in [0, 0.05) is 11.4 Å². The molecule has 0 amide bonds. The normalized spacial score (nSPS) is 10.9. The summed E-state index contributed by atoms with van der Waals surface area (Å²) in [7, 11) is 0. The summed E-state index contributed by atoms with van der Waals surface area (Å²) >= 11 is 0. The van der Waals surface area contributed by atoms with Crippen molar-refractivity contribution in [3.05, 3.63) is 34.8 Å². The van der Waals surface area contributed by atoms with Gasteiger partial charge < -0.3 is 9.73 Å². The van der Waals surface area contributed by atoms with Crippen LogP contribution in [-0.2, 0) is 6.42 Å². The monoisotopic (exact) mass is 259 g/mol. The lowest BCUT2D eigenvalue weighted by molar-refractivity contribution is 0.574. The van der Waals surface area contributed by atoms with Crippen molar-refractivity contribution in [1.82, 2.24) is 15.3 Å². The van der Waals surface area contributed by atoms with Gasteiger partial charge in [-0.25, -0.2) is 9.97 Å². The standard InChI is InChI=1S/C15H21N3O/c1-5-16-8-6-13-11(3)17-15(18-12(13)4)14-10(2)7-9-19-14/h7,9,16H,5-6,8H2,1-4H3. The van der Waals surface area contributed by atoms with Crippen LogP contribution in [0.1, 0.15) is 29.4 Å². The van der Waals surface area contributed by atoms with Crippen LogP contribution < -0.4 is 5.32 Å². The molecule has 0 aliphatic heterocycles. The highest BCUT2D eigenvalue weighted by atomic mass is 16.3. The molecule has 1 N–H and O–H groups in total. The lowest BCUT2D eigenvalue weighted by Gasteiger charge is -2.10. The summed E-state index contributed by atoms with van der Waals surface area (Å²) in [6.07, 6.45) is 2.64. The SMILES string of the molecule is CCNCCc1c(C)nc(-c2occc2C)nc1C. The van der Waals surface area contributed by atoms with Crippen LogP contribution in [0.2, 0.25) is 0 Å². The second kappa shape index (κ2) is 5.97. The quantitative estimate of drug-likeness (QED) is 0.839. The Morgan fingerprint density at radius 3 is 2.37 bits per heavy atom. The topological polar surface area (TPSA) is 51.0 Å². The largest absolute Gasteiger partial charge is 0.461 e. The minimum atomic E-state index is 0.685. The van der Waals surface area contributed by atoms with Gasteiger partial charge in [0.1, 0.15) is 0 Å². The fraction of sp³-hybridized carbons (Fsp3) is 0.467. The molecule has 0 aromatic carbocycles. The molecule has 0 aliphatic rings. The van der Waals surface area contributed by atoms with E-state index in [9.17, 15) is 0 Å². The van der Waals surface area contributed by atoms with E-state index in [1.807, 2.05) is 26.8 Å². The molecular weight excluding hydrogens is 238 g/mol. The molecule has 2 aromatic heterocycles. The maximum Gasteiger partial charge on any atom is 0.196 e. The lowest BCUT2D eigenvalue weighted by Crippen LogP contribution is -2.17. The number of nitrogens with one attached hydrogen (secondary N) is 1. The molecule has 0 spiro atoms. The van der Waals surface area contributed by atoms with E-state index in [0.717, 1.165) is 42.2 Å². The minimum Gasteiger partial charge on any atom is -0.461 e. The number of hydrogen-bond donors (Lipinski definition) is 1. The van der Waals surface area contributed by atoms with Crippen LogP contribution in [0.4, 0.5) is 0 Å². The first-order valence-electron chi connectivity index (χ1n) is 6.72. The van der Waals surface area contributed by atoms with Crippen LogP contribution in [0.15, 0.2) is 16.7 Å². The smallest absolute Gasteiger partial charge is 0.196 e. The third-order valence-corrected chi connectivity index (χ3v) is 3.29. The molecule has 102 valence electrons. The number of nitrogens with zero attached hydrogens (tertiary/aromatic N) is 2. The fourth-order valence-electron chi connectivity index (χ4n) is 2.19. The predicted octanol–water partition coefficient (Wildman–Crippen LogP) is 2.81. The van der Waals surface area contributed by atoms with Crippen molar-refractivity contribution in [2.75, 3.05) is 13.1 Å². The number of aromatic nitrogens is 2. The third-order valence-electron chi connectivity index (χ3n) is 3.29. The molecule has 2 heterocycles. The van der Waals surface area contributed by atoms with Gasteiger partial charge in [-0.05, 0) is 57.5 Å². The Morgan fingerprint density at radius 1 is 1.16 bits per heavy atom. The Kier molecular flexibility index (Phi) is 4.32. The second-order valence-corrected chi connectivity index (χ2v) is 4.73. The highest BCUT2D eigenvalue weighted by molar-refractivity contribution is 5.53. The van der Waals surface area contributed by atoms with E-state index in [1.165, 1.54) is 5.56 Å². The zero-order valence-corrected chi connectivity index (χ0v) is 12.1. The summed E-state index contributed by atoms with van der Waals surface area (Å²) in [5, 5.41) is 3.33. The Balaban J connectivity index is 2.29. The van der Waals surface area contributed by atoms with Crippen LogP contribution in [0.5, 0.6) is 0 Å². The van der Waals surface area contributed by atoms with Crippen molar-refractivity contribution in [2.45, 2.75) is 34.1 Å². The van der Waals surface area contributed by atoms with Gasteiger partial charge in [-0.15, -0.1) is 0 Å². The van der Waals surface area contributed by atoms with Gasteiger partial charge in [0.05, 0.1) is 6.26 Å². The zero-order chi connectivity index (χ0) is 13.8. The Bertz CT molecular complexity index is 537. The van der Waals surface area contributed by atoms with Crippen molar-refractivity contribution >= 4 is 0 Å². The molecule has 0 saturated heterocycles. The van der Waals surface area contributed by atoms with Gasteiger partial charge in [0.2, 0.25) is 0 Å². The van der Waals surface area contributed by atoms with Gasteiger partial charge in [0.15, 0.2) is 11.6 Å². The highest BCUT2D eigenvalue weighted by Crippen LogP contribution is 2.23. The molecule has 0 saturated carbocycles. The van der Waals surface area contributed by atoms with E-state index in [-0.39, 0.29) is 0 Å². The summed E-state index contributed by atoms with van der Waals surface area (Å²) in [6, 6.07) is 1.93. The Morgan fingerprint density at radius 2 is 1.84 bits per heavy atom. The maximum absolute atomic E-state index is 5.46. The van der Waals surface area contributed by atoms with Crippen LogP contribution in [0.3, 0.4) is 0 Å². The first-order valence-corrected chi connectivity index (χ1v) is 6.72. The average molecular weight is 259 g/mol. The maximum atomic E-state index is 5.46. The van der Waals surface area contributed by atoms with Crippen molar-refractivity contribution < 1.29 is 4.42 Å². The van der Waals surface area contributed by atoms with Gasteiger partial charge in [-0.1, -0.05) is 6.92 Å². The van der Waals surface area contributed by atoms with Crippen LogP contribution in [0.25, 0.3) is 11.6 Å². The number of hydrogen-bond acceptors (Lipinski definition) is 4. The second-order valence-electron chi connectivity index (χ2n) is 4.73. The van der Waals surface area contributed by atoms with Crippen LogP contribution in [-0.4, -0.2) is 23.1 Å². The van der Waals surface area contributed by atoms with E-state index >= 15 is 0 Å². The van der Waals surface area contributed by atoms with E-state index < -0.39 is 0 Å². The summed E-state index contributed by atoms with van der Waals surface area (Å²) in [5.74, 6) is 1.45. The molecule has 0 unspecified atom stereocenters. The van der Waals surface area contributed by atoms with Gasteiger partial charge in [-0.2, -0.15) is 0 Å². The lowest BCUT2D eigenvalue weighted by atomic mass is 10.1. The van der Waals surface area contributed by atoms with Crippen molar-refractivity contribution in [2.24, 2.45) is 0 Å². The molecule has 4 heteroatoms. The molecule has 0 fully saturated rings. The van der Waals surface area contributed by atoms with Gasteiger partial charge in [-0.3, -0.25) is 0 Å². The average Bonchev–Trinajstić information content (AvgIpc) is 2.79. The minimum absolute atomic E-state index is 0.685. The summed E-state index contributed by atoms with van der Waals surface area (Å²) in [6.45, 7) is 10.1. The molecule has 0 bridgehead atoms. The Labute approximate surface area is 114 Å². The fourth-order valence-corrected chi connectivity index (χ4v) is 2.19. The van der Waals surface area contributed by atoms with Crippen LogP contribution in [0, 0.1) is 20.8 Å².